The summed E-state index contributed by atoms with van der Waals surface area (Å²) < 4.78 is 72.5. The zero-order valence-electron chi connectivity index (χ0n) is 22.5. The minimum atomic E-state index is -4.65. The van der Waals surface area contributed by atoms with E-state index in [4.69, 9.17) is 4.74 Å². The molecule has 1 unspecified atom stereocenters. The van der Waals surface area contributed by atoms with Crippen LogP contribution in [-0.4, -0.2) is 67.4 Å². The van der Waals surface area contributed by atoms with Crippen LogP contribution in [0.5, 0.6) is 0 Å². The lowest BCUT2D eigenvalue weighted by Gasteiger charge is -2.31. The number of benzene rings is 1. The summed E-state index contributed by atoms with van der Waals surface area (Å²) in [5.41, 5.74) is -1.73. The number of hydrogen-bond acceptors (Lipinski definition) is 5. The Hall–Kier alpha value is -2.34. The number of amides is 2. The Morgan fingerprint density at radius 1 is 1.18 bits per heavy atom. The summed E-state index contributed by atoms with van der Waals surface area (Å²) >= 11 is 0. The van der Waals surface area contributed by atoms with E-state index >= 15 is 0 Å². The lowest BCUT2D eigenvalue weighted by molar-refractivity contribution is -0.137. The molecular formula is C26H38F3N3O5S. The zero-order chi connectivity index (χ0) is 28.5. The van der Waals surface area contributed by atoms with Crippen molar-refractivity contribution in [1.82, 2.24) is 14.5 Å². The van der Waals surface area contributed by atoms with Crippen molar-refractivity contribution in [3.05, 3.63) is 29.8 Å². The van der Waals surface area contributed by atoms with E-state index in [1.807, 2.05) is 6.92 Å². The third-order valence-corrected chi connectivity index (χ3v) is 9.06. The molecule has 2 aliphatic rings. The van der Waals surface area contributed by atoms with Gasteiger partial charge in [0.05, 0.1) is 10.5 Å². The molecular weight excluding hydrogens is 523 g/mol. The molecule has 1 aliphatic carbocycles. The highest BCUT2D eigenvalue weighted by Gasteiger charge is 2.47. The second kappa shape index (κ2) is 11.4. The summed E-state index contributed by atoms with van der Waals surface area (Å²) in [6.45, 7) is 7.53. The second-order valence-electron chi connectivity index (χ2n) is 11.2. The minimum absolute atomic E-state index is 0.0152. The van der Waals surface area contributed by atoms with Gasteiger partial charge in [0.2, 0.25) is 15.9 Å². The van der Waals surface area contributed by atoms with Gasteiger partial charge in [0, 0.05) is 26.2 Å². The molecule has 12 heteroatoms. The van der Waals surface area contributed by atoms with Gasteiger partial charge in [-0.1, -0.05) is 25.8 Å². The Kier molecular flexibility index (Phi) is 9.07. The highest BCUT2D eigenvalue weighted by molar-refractivity contribution is 7.89. The molecule has 1 N–H and O–H groups in total. The summed E-state index contributed by atoms with van der Waals surface area (Å²) in [7, 11) is -2.60. The summed E-state index contributed by atoms with van der Waals surface area (Å²) in [6.07, 6.45) is -1.89. The molecule has 0 aromatic heterocycles. The molecule has 0 bridgehead atoms. The lowest BCUT2D eigenvalue weighted by atomic mass is 9.97. The van der Waals surface area contributed by atoms with Crippen molar-refractivity contribution in [1.29, 1.82) is 0 Å². The van der Waals surface area contributed by atoms with Crippen molar-refractivity contribution >= 4 is 22.0 Å². The second-order valence-corrected chi connectivity index (χ2v) is 13.2. The largest absolute Gasteiger partial charge is 0.444 e. The molecule has 1 saturated heterocycles. The number of carbonyl (C=O) groups is 2. The monoisotopic (exact) mass is 561 g/mol. The predicted octanol–water partition coefficient (Wildman–Crippen LogP) is 4.65. The molecule has 4 atom stereocenters. The number of carbonyl (C=O) groups excluding carboxylic acids is 2. The van der Waals surface area contributed by atoms with E-state index in [2.05, 4.69) is 5.32 Å². The fourth-order valence-corrected chi connectivity index (χ4v) is 6.80. The Labute approximate surface area is 222 Å². The first-order chi connectivity index (χ1) is 17.5. The lowest BCUT2D eigenvalue weighted by Crippen LogP contribution is -2.52. The number of halogens is 3. The molecule has 1 aromatic carbocycles. The van der Waals surface area contributed by atoms with Crippen LogP contribution in [0.3, 0.4) is 0 Å². The van der Waals surface area contributed by atoms with Crippen molar-refractivity contribution < 1.29 is 35.9 Å². The molecule has 3 rings (SSSR count). The van der Waals surface area contributed by atoms with Crippen LogP contribution in [0.25, 0.3) is 0 Å². The maximum atomic E-state index is 13.3. The maximum Gasteiger partial charge on any atom is 0.416 e. The van der Waals surface area contributed by atoms with Gasteiger partial charge in [-0.15, -0.1) is 0 Å². The van der Waals surface area contributed by atoms with Crippen LogP contribution >= 0.6 is 0 Å². The van der Waals surface area contributed by atoms with Gasteiger partial charge >= 0.3 is 12.3 Å². The maximum absolute atomic E-state index is 13.3. The quantitative estimate of drug-likeness (QED) is 0.499. The highest BCUT2D eigenvalue weighted by atomic mass is 32.2. The molecule has 1 aliphatic heterocycles. The molecule has 0 spiro atoms. The standard InChI is InChI=1S/C26H38F3N3O5S/c1-6-7-11-22(31(5)24(34)37-25(2,3)4)23(33)30-21-13-12-17-15-32(16-20(17)21)38(35,36)19-10-8-9-18(14-19)26(27,28)29/h8-10,14,17,20-22H,6-7,11-13,15-16H2,1-5H3,(H,30,33)/t17-,20+,21+,22?/m1/s1. The van der Waals surface area contributed by atoms with Crippen LogP contribution in [0.1, 0.15) is 65.4 Å². The van der Waals surface area contributed by atoms with Gasteiger partial charge in [0.1, 0.15) is 11.6 Å². The van der Waals surface area contributed by atoms with E-state index in [0.29, 0.717) is 25.3 Å². The Morgan fingerprint density at radius 2 is 1.87 bits per heavy atom. The number of nitrogens with zero attached hydrogens (tertiary/aromatic N) is 2. The predicted molar refractivity (Wildman–Crippen MR) is 136 cm³/mol. The van der Waals surface area contributed by atoms with E-state index in [-0.39, 0.29) is 36.9 Å². The summed E-state index contributed by atoms with van der Waals surface area (Å²) in [6, 6.07) is 2.72. The fraction of sp³-hybridized carbons (Fsp3) is 0.692. The summed E-state index contributed by atoms with van der Waals surface area (Å²) in [4.78, 5) is 26.9. The van der Waals surface area contributed by atoms with Crippen molar-refractivity contribution in [3.8, 4) is 0 Å². The van der Waals surface area contributed by atoms with Crippen molar-refractivity contribution in [3.63, 3.8) is 0 Å². The first-order valence-electron chi connectivity index (χ1n) is 13.0. The molecule has 2 fully saturated rings. The van der Waals surface area contributed by atoms with E-state index in [1.54, 1.807) is 20.8 Å². The minimum Gasteiger partial charge on any atom is -0.444 e. The number of ether oxygens (including phenoxy) is 1. The van der Waals surface area contributed by atoms with E-state index < -0.39 is 44.4 Å². The topological polar surface area (TPSA) is 96.0 Å². The molecule has 8 nitrogen and oxygen atoms in total. The van der Waals surface area contributed by atoms with Crippen molar-refractivity contribution in [2.24, 2.45) is 11.8 Å². The third-order valence-electron chi connectivity index (χ3n) is 7.23. The van der Waals surface area contributed by atoms with Gasteiger partial charge in [-0.25, -0.2) is 13.2 Å². The first kappa shape index (κ1) is 30.2. The van der Waals surface area contributed by atoms with Crippen molar-refractivity contribution in [2.45, 2.75) is 88.6 Å². The first-order valence-corrected chi connectivity index (χ1v) is 14.4. The molecule has 1 saturated carbocycles. The fourth-order valence-electron chi connectivity index (χ4n) is 5.22. The summed E-state index contributed by atoms with van der Waals surface area (Å²) in [5.74, 6) is -0.506. The number of rotatable bonds is 8. The Bertz CT molecular complexity index is 1120. The van der Waals surface area contributed by atoms with Crippen LogP contribution in [-0.2, 0) is 25.7 Å². The number of likely N-dealkylation sites (N-methyl/N-ethyl adjacent to an activating group) is 1. The Morgan fingerprint density at radius 3 is 2.47 bits per heavy atom. The molecule has 214 valence electrons. The van der Waals surface area contributed by atoms with E-state index in [1.165, 1.54) is 22.3 Å². The number of alkyl halides is 3. The van der Waals surface area contributed by atoms with Crippen LogP contribution < -0.4 is 5.32 Å². The van der Waals surface area contributed by atoms with Crippen LogP contribution in [0.2, 0.25) is 0 Å². The van der Waals surface area contributed by atoms with Crippen LogP contribution in [0, 0.1) is 11.8 Å². The van der Waals surface area contributed by atoms with Gasteiger partial charge in [-0.05, 0) is 70.1 Å². The molecule has 0 radical (unpaired) electrons. The van der Waals surface area contributed by atoms with E-state index in [0.717, 1.165) is 25.0 Å². The van der Waals surface area contributed by atoms with E-state index in [9.17, 15) is 31.2 Å². The average Bonchev–Trinajstić information content (AvgIpc) is 3.40. The molecule has 1 aromatic rings. The normalized spacial score (nSPS) is 23.1. The molecule has 1 heterocycles. The Balaban J connectivity index is 1.71. The SMILES string of the molecule is CCCCC(C(=O)N[C@H]1CC[C@@H]2CN(S(=O)(=O)c3cccc(C(F)(F)F)c3)C[C@@H]21)N(C)C(=O)OC(C)(C)C. The number of hydrogen-bond donors (Lipinski definition) is 1. The van der Waals surface area contributed by atoms with Gasteiger partial charge in [0.25, 0.3) is 0 Å². The number of sulfonamides is 1. The molecule has 2 amide bonds. The average molecular weight is 562 g/mol. The number of unbranched alkanes of at least 4 members (excludes halogenated alkanes) is 1. The molecule has 38 heavy (non-hydrogen) atoms. The van der Waals surface area contributed by atoms with Gasteiger partial charge in [-0.2, -0.15) is 17.5 Å². The van der Waals surface area contributed by atoms with Crippen molar-refractivity contribution in [2.75, 3.05) is 20.1 Å². The van der Waals surface area contributed by atoms with Crippen LogP contribution in [0.15, 0.2) is 29.2 Å². The highest BCUT2D eigenvalue weighted by Crippen LogP contribution is 2.41. The van der Waals surface area contributed by atoms with Crippen LogP contribution in [0.4, 0.5) is 18.0 Å². The van der Waals surface area contributed by atoms with Gasteiger partial charge in [0.15, 0.2) is 0 Å². The summed E-state index contributed by atoms with van der Waals surface area (Å²) in [5, 5.41) is 3.04. The third kappa shape index (κ3) is 6.99. The number of fused-ring (bicyclic) bond motifs is 1. The number of nitrogens with one attached hydrogen (secondary N) is 1. The smallest absolute Gasteiger partial charge is 0.416 e. The zero-order valence-corrected chi connectivity index (χ0v) is 23.4. The van der Waals surface area contributed by atoms with Gasteiger partial charge < -0.3 is 10.1 Å². The van der Waals surface area contributed by atoms with Gasteiger partial charge in [-0.3, -0.25) is 9.69 Å².